The number of hydrogen-bond donors (Lipinski definition) is 0. The molecule has 0 radical (unpaired) electrons. The minimum atomic E-state index is 0.0833. The first-order valence-corrected chi connectivity index (χ1v) is 18.7. The molecule has 7 rings (SSSR count). The average Bonchev–Trinajstić information content (AvgIpc) is 3.62. The van der Waals surface area contributed by atoms with Gasteiger partial charge < -0.3 is 0 Å². The molecule has 0 N–H and O–H groups in total. The van der Waals surface area contributed by atoms with E-state index >= 15 is 0 Å². The summed E-state index contributed by atoms with van der Waals surface area (Å²) in [6.07, 6.45) is 22.1. The highest BCUT2D eigenvalue weighted by atomic mass is 32.1. The van der Waals surface area contributed by atoms with Crippen LogP contribution in [0.15, 0.2) is 144 Å². The average molecular weight is 672 g/mol. The lowest BCUT2D eigenvalue weighted by Crippen LogP contribution is -2.16. The molecule has 0 saturated carbocycles. The quantitative estimate of drug-likeness (QED) is 0.173. The second kappa shape index (κ2) is 15.0. The van der Waals surface area contributed by atoms with Crippen molar-refractivity contribution in [1.82, 2.24) is 0 Å². The first kappa shape index (κ1) is 35.1. The Morgan fingerprint density at radius 2 is 1.60 bits per heavy atom. The van der Waals surface area contributed by atoms with Crippen molar-refractivity contribution in [3.63, 3.8) is 0 Å². The third-order valence-corrected chi connectivity index (χ3v) is 11.5. The molecule has 50 heavy (non-hydrogen) atoms. The maximum atomic E-state index is 4.60. The van der Waals surface area contributed by atoms with E-state index < -0.39 is 0 Å². The molecule has 3 aliphatic carbocycles. The molecule has 0 fully saturated rings. The smallest absolute Gasteiger partial charge is 0.0627 e. The molecule has 2 heteroatoms. The van der Waals surface area contributed by atoms with Crippen LogP contribution in [-0.2, 0) is 5.41 Å². The van der Waals surface area contributed by atoms with Crippen molar-refractivity contribution in [3.05, 3.63) is 177 Å². The van der Waals surface area contributed by atoms with Crippen LogP contribution in [-0.4, -0.2) is 6.21 Å². The van der Waals surface area contributed by atoms with Gasteiger partial charge in [0.1, 0.15) is 0 Å². The number of aryl methyl sites for hydroxylation is 1. The van der Waals surface area contributed by atoms with Gasteiger partial charge in [0.15, 0.2) is 0 Å². The molecule has 0 unspecified atom stereocenters. The zero-order valence-electron chi connectivity index (χ0n) is 30.6. The van der Waals surface area contributed by atoms with E-state index in [0.717, 1.165) is 48.1 Å². The number of nitrogens with zero attached hydrogens (tertiary/aromatic N) is 1. The third kappa shape index (κ3) is 6.96. The molecule has 0 amide bonds. The Labute approximate surface area is 303 Å². The van der Waals surface area contributed by atoms with Crippen molar-refractivity contribution in [3.8, 4) is 0 Å². The van der Waals surface area contributed by atoms with Crippen molar-refractivity contribution in [2.24, 2.45) is 4.99 Å². The molecule has 1 nitrogen and oxygen atoms in total. The SMILES string of the molecule is C=C(N=C/C(C)=C(\C)c1ccccc1)C1=CCCC=C1.C=C(c1cc2c(cc1C)C(C)(C)C1=CCCC=C12)c1sc2ccccc2c1/C=C\C. The maximum Gasteiger partial charge on any atom is 0.0627 e. The molecular weight excluding hydrogens is 623 g/mol. The summed E-state index contributed by atoms with van der Waals surface area (Å²) in [6.45, 7) is 21.9. The lowest BCUT2D eigenvalue weighted by Gasteiger charge is -2.24. The summed E-state index contributed by atoms with van der Waals surface area (Å²) in [5.41, 5.74) is 16.5. The molecule has 1 aromatic heterocycles. The van der Waals surface area contributed by atoms with Crippen LogP contribution >= 0.6 is 11.3 Å². The standard InChI is InChI=1S/C29H28S.C19H21N/c1-6-11-22-21-13-8-10-15-27(21)30-28(22)19(3)23-17-24-20-12-7-9-14-25(20)29(4,5)26(24)16-18(23)2;1-15(16(2)18-10-6-4-7-11-18)14-20-17(3)19-12-8-5-9-13-19/h6,8,10-17H,3,7,9H2,1-2,4-5H3;4,6-8,10-14H,3,5,9H2,1-2H3/b11-6-;16-15+,20-14?. The van der Waals surface area contributed by atoms with Crippen LogP contribution in [0.1, 0.15) is 98.6 Å². The summed E-state index contributed by atoms with van der Waals surface area (Å²) in [5, 5.41) is 1.32. The van der Waals surface area contributed by atoms with E-state index in [1.165, 1.54) is 65.1 Å². The van der Waals surface area contributed by atoms with Crippen molar-refractivity contribution in [2.45, 2.75) is 72.6 Å². The molecule has 0 bridgehead atoms. The first-order valence-electron chi connectivity index (χ1n) is 17.8. The topological polar surface area (TPSA) is 12.4 Å². The molecule has 1 heterocycles. The summed E-state index contributed by atoms with van der Waals surface area (Å²) in [7, 11) is 0. The Balaban J connectivity index is 0.000000189. The van der Waals surface area contributed by atoms with Gasteiger partial charge in [0, 0.05) is 32.2 Å². The number of benzene rings is 3. The van der Waals surface area contributed by atoms with Gasteiger partial charge in [-0.05, 0) is 127 Å². The van der Waals surface area contributed by atoms with Crippen LogP contribution in [0.25, 0.3) is 32.9 Å². The normalized spacial score (nSPS) is 16.6. The Morgan fingerprint density at radius 1 is 0.880 bits per heavy atom. The Hall–Kier alpha value is -4.79. The minimum absolute atomic E-state index is 0.0833. The lowest BCUT2D eigenvalue weighted by atomic mass is 9.80. The monoisotopic (exact) mass is 671 g/mol. The number of hydrogen-bond acceptors (Lipinski definition) is 2. The Morgan fingerprint density at radius 3 is 2.34 bits per heavy atom. The molecule has 3 aromatic carbocycles. The van der Waals surface area contributed by atoms with E-state index in [1.54, 1.807) is 0 Å². The Kier molecular flexibility index (Phi) is 10.5. The number of aliphatic imine (C=N–C) groups is 1. The van der Waals surface area contributed by atoms with Gasteiger partial charge in [0.05, 0.1) is 5.70 Å². The number of thiophene rings is 1. The fourth-order valence-corrected chi connectivity index (χ4v) is 8.45. The molecular formula is C48H49NS. The fourth-order valence-electron chi connectivity index (χ4n) is 7.27. The van der Waals surface area contributed by atoms with Gasteiger partial charge in [-0.15, -0.1) is 11.3 Å². The van der Waals surface area contributed by atoms with E-state index in [0.29, 0.717) is 0 Å². The Bertz CT molecular complexity index is 2180. The molecule has 0 saturated heterocycles. The van der Waals surface area contributed by atoms with E-state index in [4.69, 9.17) is 0 Å². The van der Waals surface area contributed by atoms with Crippen molar-refractivity contribution >= 4 is 50.4 Å². The minimum Gasteiger partial charge on any atom is -0.257 e. The molecule has 4 aromatic rings. The predicted molar refractivity (Wildman–Crippen MR) is 223 cm³/mol. The number of fused-ring (bicyclic) bond motifs is 4. The summed E-state index contributed by atoms with van der Waals surface area (Å²) >= 11 is 1.85. The second-order valence-electron chi connectivity index (χ2n) is 14.0. The summed E-state index contributed by atoms with van der Waals surface area (Å²) < 4.78 is 1.32. The van der Waals surface area contributed by atoms with Gasteiger partial charge in [-0.25, -0.2) is 0 Å². The molecule has 252 valence electrons. The van der Waals surface area contributed by atoms with Crippen LogP contribution in [0.5, 0.6) is 0 Å². The van der Waals surface area contributed by atoms with E-state index in [1.807, 2.05) is 23.6 Å². The molecule has 0 aliphatic heterocycles. The van der Waals surface area contributed by atoms with Crippen LogP contribution in [0.4, 0.5) is 0 Å². The maximum absolute atomic E-state index is 4.60. The van der Waals surface area contributed by atoms with Crippen LogP contribution in [0.3, 0.4) is 0 Å². The van der Waals surface area contributed by atoms with E-state index in [9.17, 15) is 0 Å². The van der Waals surface area contributed by atoms with Crippen LogP contribution < -0.4 is 0 Å². The highest BCUT2D eigenvalue weighted by Crippen LogP contribution is 2.53. The zero-order chi connectivity index (χ0) is 35.4. The highest BCUT2D eigenvalue weighted by Gasteiger charge is 2.39. The summed E-state index contributed by atoms with van der Waals surface area (Å²) in [4.78, 5) is 5.78. The van der Waals surface area contributed by atoms with Gasteiger partial charge in [-0.3, -0.25) is 4.99 Å². The highest BCUT2D eigenvalue weighted by molar-refractivity contribution is 7.20. The largest absolute Gasteiger partial charge is 0.257 e. The van der Waals surface area contributed by atoms with Crippen LogP contribution in [0.2, 0.25) is 0 Å². The first-order chi connectivity index (χ1) is 24.1. The van der Waals surface area contributed by atoms with E-state index in [2.05, 4.69) is 163 Å². The van der Waals surface area contributed by atoms with E-state index in [-0.39, 0.29) is 5.41 Å². The fraction of sp³-hybridized carbons (Fsp3) is 0.229. The van der Waals surface area contributed by atoms with Crippen molar-refractivity contribution in [1.29, 1.82) is 0 Å². The number of rotatable bonds is 7. The van der Waals surface area contributed by atoms with Crippen LogP contribution in [0, 0.1) is 6.92 Å². The third-order valence-electron chi connectivity index (χ3n) is 10.3. The molecule has 0 atom stereocenters. The van der Waals surface area contributed by atoms with Gasteiger partial charge in [-0.1, -0.05) is 124 Å². The lowest BCUT2D eigenvalue weighted by molar-refractivity contribution is 0.654. The van der Waals surface area contributed by atoms with Gasteiger partial charge in [0.2, 0.25) is 0 Å². The second-order valence-corrected chi connectivity index (χ2v) is 15.0. The zero-order valence-corrected chi connectivity index (χ0v) is 31.4. The number of allylic oxidation sites excluding steroid dienone is 10. The summed E-state index contributed by atoms with van der Waals surface area (Å²) in [5.74, 6) is 0. The van der Waals surface area contributed by atoms with Crippen molar-refractivity contribution in [2.75, 3.05) is 0 Å². The summed E-state index contributed by atoms with van der Waals surface area (Å²) in [6, 6.07) is 23.9. The molecule has 0 spiro atoms. The molecule has 3 aliphatic rings. The predicted octanol–water partition coefficient (Wildman–Crippen LogP) is 14.0. The van der Waals surface area contributed by atoms with Crippen molar-refractivity contribution < 1.29 is 0 Å². The van der Waals surface area contributed by atoms with Gasteiger partial charge in [0.25, 0.3) is 0 Å². The van der Waals surface area contributed by atoms with Gasteiger partial charge >= 0.3 is 0 Å². The van der Waals surface area contributed by atoms with Gasteiger partial charge in [-0.2, -0.15) is 0 Å².